The molecule has 0 radical (unpaired) electrons. The monoisotopic (exact) mass is 316 g/mol. The molecular formula is C16H10F2N2OS. The van der Waals surface area contributed by atoms with E-state index in [1.807, 2.05) is 0 Å². The van der Waals surface area contributed by atoms with E-state index in [1.54, 1.807) is 18.2 Å². The predicted octanol–water partition coefficient (Wildman–Crippen LogP) is 3.86. The van der Waals surface area contributed by atoms with E-state index in [9.17, 15) is 13.6 Å². The highest BCUT2D eigenvalue weighted by molar-refractivity contribution is 8.18. The van der Waals surface area contributed by atoms with E-state index in [4.69, 9.17) is 0 Å². The van der Waals surface area contributed by atoms with Crippen LogP contribution in [-0.4, -0.2) is 11.1 Å². The van der Waals surface area contributed by atoms with Crippen molar-refractivity contribution in [1.29, 1.82) is 0 Å². The van der Waals surface area contributed by atoms with Crippen LogP contribution in [-0.2, 0) is 4.79 Å². The van der Waals surface area contributed by atoms with Gasteiger partial charge >= 0.3 is 0 Å². The van der Waals surface area contributed by atoms with E-state index in [-0.39, 0.29) is 17.5 Å². The molecule has 1 aliphatic heterocycles. The molecule has 0 aliphatic carbocycles. The second kappa shape index (κ2) is 6.11. The zero-order chi connectivity index (χ0) is 15.5. The van der Waals surface area contributed by atoms with Crippen LogP contribution in [0.15, 0.2) is 58.4 Å². The summed E-state index contributed by atoms with van der Waals surface area (Å²) in [6.07, 6.45) is 1.66. The lowest BCUT2D eigenvalue weighted by Crippen LogP contribution is -2.19. The summed E-state index contributed by atoms with van der Waals surface area (Å²) in [6, 6.07) is 11.5. The van der Waals surface area contributed by atoms with Gasteiger partial charge in [-0.25, -0.2) is 13.8 Å². The minimum atomic E-state index is -0.344. The fourth-order valence-corrected chi connectivity index (χ4v) is 2.67. The SMILES string of the molecule is O=C1NC(=Nc2ccc(F)cc2)S/C1=C/c1ccc(F)cc1. The van der Waals surface area contributed by atoms with Crippen molar-refractivity contribution in [3.8, 4) is 0 Å². The molecule has 6 heteroatoms. The summed E-state index contributed by atoms with van der Waals surface area (Å²) in [6.45, 7) is 0. The van der Waals surface area contributed by atoms with Gasteiger partial charge in [0.25, 0.3) is 5.91 Å². The number of amidine groups is 1. The molecule has 1 amide bonds. The van der Waals surface area contributed by atoms with Crippen LogP contribution in [0.25, 0.3) is 6.08 Å². The lowest BCUT2D eigenvalue weighted by Gasteiger charge is -1.96. The number of amides is 1. The van der Waals surface area contributed by atoms with Gasteiger partial charge in [-0.1, -0.05) is 12.1 Å². The van der Waals surface area contributed by atoms with Gasteiger partial charge in [0.1, 0.15) is 11.6 Å². The van der Waals surface area contributed by atoms with Gasteiger partial charge in [-0.3, -0.25) is 4.79 Å². The lowest BCUT2D eigenvalue weighted by atomic mass is 10.2. The van der Waals surface area contributed by atoms with E-state index in [1.165, 1.54) is 48.2 Å². The first-order valence-electron chi connectivity index (χ1n) is 6.41. The van der Waals surface area contributed by atoms with Crippen molar-refractivity contribution in [1.82, 2.24) is 5.32 Å². The summed E-state index contributed by atoms with van der Waals surface area (Å²) in [5.41, 5.74) is 1.27. The molecule has 1 saturated heterocycles. The largest absolute Gasteiger partial charge is 0.300 e. The summed E-state index contributed by atoms with van der Waals surface area (Å²) in [5.74, 6) is -0.941. The number of carbonyl (C=O) groups is 1. The first kappa shape index (κ1) is 14.5. The van der Waals surface area contributed by atoms with E-state index in [0.29, 0.717) is 15.8 Å². The molecular weight excluding hydrogens is 306 g/mol. The summed E-state index contributed by atoms with van der Waals surface area (Å²) >= 11 is 1.18. The van der Waals surface area contributed by atoms with Gasteiger partial charge in [0.05, 0.1) is 10.6 Å². The van der Waals surface area contributed by atoms with E-state index >= 15 is 0 Å². The number of nitrogens with zero attached hydrogens (tertiary/aromatic N) is 1. The van der Waals surface area contributed by atoms with Crippen LogP contribution < -0.4 is 5.32 Å². The molecule has 1 aliphatic rings. The summed E-state index contributed by atoms with van der Waals surface area (Å²) < 4.78 is 25.7. The fourth-order valence-electron chi connectivity index (χ4n) is 1.82. The average Bonchev–Trinajstić information content (AvgIpc) is 2.84. The topological polar surface area (TPSA) is 41.5 Å². The highest BCUT2D eigenvalue weighted by Gasteiger charge is 2.23. The van der Waals surface area contributed by atoms with Crippen molar-refractivity contribution in [2.75, 3.05) is 0 Å². The molecule has 3 nitrogen and oxygen atoms in total. The van der Waals surface area contributed by atoms with Crippen molar-refractivity contribution in [2.45, 2.75) is 0 Å². The number of hydrogen-bond donors (Lipinski definition) is 1. The van der Waals surface area contributed by atoms with Crippen molar-refractivity contribution in [3.63, 3.8) is 0 Å². The summed E-state index contributed by atoms with van der Waals surface area (Å²) in [5, 5.41) is 3.06. The molecule has 1 heterocycles. The number of rotatable bonds is 2. The number of hydrogen-bond acceptors (Lipinski definition) is 3. The third-order valence-corrected chi connectivity index (χ3v) is 3.79. The predicted molar refractivity (Wildman–Crippen MR) is 83.6 cm³/mol. The van der Waals surface area contributed by atoms with Crippen molar-refractivity contribution in [2.24, 2.45) is 4.99 Å². The molecule has 1 fully saturated rings. The van der Waals surface area contributed by atoms with Crippen LogP contribution >= 0.6 is 11.8 Å². The molecule has 22 heavy (non-hydrogen) atoms. The van der Waals surface area contributed by atoms with Gasteiger partial charge in [0.15, 0.2) is 5.17 Å². The highest BCUT2D eigenvalue weighted by atomic mass is 32.2. The third-order valence-electron chi connectivity index (χ3n) is 2.88. The Labute approximate surface area is 129 Å². The number of aliphatic imine (C=N–C) groups is 1. The molecule has 0 spiro atoms. The quantitative estimate of drug-likeness (QED) is 0.855. The fraction of sp³-hybridized carbons (Fsp3) is 0. The molecule has 110 valence electrons. The zero-order valence-corrected chi connectivity index (χ0v) is 12.0. The van der Waals surface area contributed by atoms with Gasteiger partial charge in [-0.05, 0) is 59.8 Å². The molecule has 0 atom stereocenters. The molecule has 2 aromatic rings. The Morgan fingerprint density at radius 1 is 0.955 bits per heavy atom. The van der Waals surface area contributed by atoms with Crippen LogP contribution in [0.2, 0.25) is 0 Å². The minimum absolute atomic E-state index is 0.268. The Morgan fingerprint density at radius 3 is 2.18 bits per heavy atom. The van der Waals surface area contributed by atoms with E-state index in [0.717, 1.165) is 5.56 Å². The molecule has 1 N–H and O–H groups in total. The second-order valence-electron chi connectivity index (χ2n) is 4.51. The Balaban J connectivity index is 1.80. The minimum Gasteiger partial charge on any atom is -0.300 e. The number of nitrogens with one attached hydrogen (secondary N) is 1. The number of halogens is 2. The smallest absolute Gasteiger partial charge is 0.264 e. The van der Waals surface area contributed by atoms with Crippen LogP contribution in [0, 0.1) is 11.6 Å². The number of carbonyl (C=O) groups excluding carboxylic acids is 1. The highest BCUT2D eigenvalue weighted by Crippen LogP contribution is 2.28. The number of benzene rings is 2. The first-order chi connectivity index (χ1) is 10.6. The van der Waals surface area contributed by atoms with E-state index < -0.39 is 0 Å². The molecule has 0 unspecified atom stereocenters. The van der Waals surface area contributed by atoms with Crippen molar-refractivity contribution >= 4 is 34.6 Å². The lowest BCUT2D eigenvalue weighted by molar-refractivity contribution is -0.115. The molecule has 0 aromatic heterocycles. The standard InChI is InChI=1S/C16H10F2N2OS/c17-11-3-1-10(2-4-11)9-14-15(21)20-16(22-14)19-13-7-5-12(18)6-8-13/h1-9H,(H,19,20,21)/b14-9+. The van der Waals surface area contributed by atoms with Crippen LogP contribution in [0.3, 0.4) is 0 Å². The first-order valence-corrected chi connectivity index (χ1v) is 7.22. The molecule has 0 saturated carbocycles. The summed E-state index contributed by atoms with van der Waals surface area (Å²) in [7, 11) is 0. The van der Waals surface area contributed by atoms with Gasteiger partial charge in [-0.15, -0.1) is 0 Å². The Morgan fingerprint density at radius 2 is 1.55 bits per heavy atom. The van der Waals surface area contributed by atoms with Crippen LogP contribution in [0.5, 0.6) is 0 Å². The Kier molecular flexibility index (Phi) is 4.02. The van der Waals surface area contributed by atoms with Gasteiger partial charge in [-0.2, -0.15) is 0 Å². The molecule has 3 rings (SSSR count). The maximum Gasteiger partial charge on any atom is 0.264 e. The molecule has 2 aromatic carbocycles. The maximum atomic E-state index is 12.9. The van der Waals surface area contributed by atoms with Gasteiger partial charge in [0, 0.05) is 0 Å². The number of thioether (sulfide) groups is 1. The average molecular weight is 316 g/mol. The van der Waals surface area contributed by atoms with Crippen LogP contribution in [0.4, 0.5) is 14.5 Å². The van der Waals surface area contributed by atoms with Gasteiger partial charge in [0.2, 0.25) is 0 Å². The molecule has 0 bridgehead atoms. The van der Waals surface area contributed by atoms with E-state index in [2.05, 4.69) is 10.3 Å². The van der Waals surface area contributed by atoms with Crippen LogP contribution in [0.1, 0.15) is 5.56 Å². The normalized spacial score (nSPS) is 18.0. The maximum absolute atomic E-state index is 12.9. The zero-order valence-electron chi connectivity index (χ0n) is 11.2. The van der Waals surface area contributed by atoms with Crippen molar-refractivity contribution < 1.29 is 13.6 Å². The van der Waals surface area contributed by atoms with Crippen molar-refractivity contribution in [3.05, 3.63) is 70.6 Å². The van der Waals surface area contributed by atoms with Gasteiger partial charge < -0.3 is 5.32 Å². The Bertz CT molecular complexity index is 768. The third kappa shape index (κ3) is 3.40. The second-order valence-corrected chi connectivity index (χ2v) is 5.54. The Hall–Kier alpha value is -2.47. The summed E-state index contributed by atoms with van der Waals surface area (Å²) in [4.78, 5) is 16.6.